The Labute approximate surface area is 158 Å². The van der Waals surface area contributed by atoms with Crippen LogP contribution in [0.5, 0.6) is 6.01 Å². The molecule has 1 atom stereocenters. The average molecular weight is 403 g/mol. The third-order valence-electron chi connectivity index (χ3n) is 4.83. The van der Waals surface area contributed by atoms with Crippen LogP contribution in [0.4, 0.5) is 0 Å². The second-order valence-corrected chi connectivity index (χ2v) is 9.21. The molecule has 1 aromatic rings. The summed E-state index contributed by atoms with van der Waals surface area (Å²) in [6, 6.07) is 0.259. The monoisotopic (exact) mass is 402 g/mol. The minimum Gasteiger partial charge on any atom is -0.458 e. The van der Waals surface area contributed by atoms with Gasteiger partial charge in [-0.05, 0) is 25.7 Å². The van der Waals surface area contributed by atoms with Gasteiger partial charge in [-0.3, -0.25) is 4.79 Å². The summed E-state index contributed by atoms with van der Waals surface area (Å²) in [7, 11) is -3.18. The van der Waals surface area contributed by atoms with Gasteiger partial charge >= 0.3 is 6.01 Å². The van der Waals surface area contributed by atoms with E-state index in [9.17, 15) is 13.2 Å². The van der Waals surface area contributed by atoms with Crippen molar-refractivity contribution in [1.82, 2.24) is 19.2 Å². The number of hydrogen-bond donors (Lipinski definition) is 0. The van der Waals surface area contributed by atoms with E-state index in [0.29, 0.717) is 44.0 Å². The summed E-state index contributed by atoms with van der Waals surface area (Å²) < 4.78 is 30.4. The minimum absolute atomic E-state index is 0.0866. The normalized spacial score (nSPS) is 23.0. The number of carbonyl (C=O) groups excluding carboxylic acids is 1. The molecule has 0 saturated carbocycles. The van der Waals surface area contributed by atoms with Crippen molar-refractivity contribution in [3.63, 3.8) is 0 Å². The molecule has 0 bridgehead atoms. The highest BCUT2D eigenvalue weighted by atomic mass is 35.5. The van der Waals surface area contributed by atoms with Crippen molar-refractivity contribution in [2.75, 3.05) is 32.4 Å². The Morgan fingerprint density at radius 1 is 1.19 bits per heavy atom. The molecular weight excluding hydrogens is 380 g/mol. The Kier molecular flexibility index (Phi) is 5.99. The summed E-state index contributed by atoms with van der Waals surface area (Å²) in [6.07, 6.45) is 6.83. The molecule has 0 N–H and O–H groups in total. The molecule has 144 valence electrons. The zero-order valence-electron chi connectivity index (χ0n) is 14.7. The van der Waals surface area contributed by atoms with Crippen LogP contribution in [0.15, 0.2) is 12.4 Å². The van der Waals surface area contributed by atoms with E-state index < -0.39 is 10.0 Å². The number of rotatable bonds is 4. The van der Waals surface area contributed by atoms with Crippen molar-refractivity contribution in [1.29, 1.82) is 0 Å². The molecule has 1 unspecified atom stereocenters. The van der Waals surface area contributed by atoms with Gasteiger partial charge in [0.2, 0.25) is 15.9 Å². The van der Waals surface area contributed by atoms with Crippen LogP contribution in [0, 0.1) is 5.92 Å². The fourth-order valence-corrected chi connectivity index (χ4v) is 4.41. The van der Waals surface area contributed by atoms with Crippen LogP contribution in [-0.4, -0.2) is 72.0 Å². The first kappa shape index (κ1) is 19.3. The van der Waals surface area contributed by atoms with E-state index in [4.69, 9.17) is 16.3 Å². The van der Waals surface area contributed by atoms with Crippen LogP contribution in [0.2, 0.25) is 5.02 Å². The van der Waals surface area contributed by atoms with Crippen LogP contribution in [0.3, 0.4) is 0 Å². The number of ether oxygens (including phenoxy) is 1. The van der Waals surface area contributed by atoms with Crippen LogP contribution >= 0.6 is 11.6 Å². The molecule has 26 heavy (non-hydrogen) atoms. The highest BCUT2D eigenvalue weighted by Crippen LogP contribution is 2.24. The van der Waals surface area contributed by atoms with Crippen molar-refractivity contribution in [3.8, 4) is 6.01 Å². The number of piperidine rings is 2. The SMILES string of the molecule is CS(=O)(=O)N1CCC(C(=O)N2CCCC(Oc3ncc(Cl)cn3)C2)CC1. The fraction of sp³-hybridized carbons (Fsp3) is 0.688. The summed E-state index contributed by atoms with van der Waals surface area (Å²) in [4.78, 5) is 22.7. The van der Waals surface area contributed by atoms with E-state index in [1.807, 2.05) is 4.90 Å². The van der Waals surface area contributed by atoms with Gasteiger partial charge in [-0.15, -0.1) is 0 Å². The fourth-order valence-electron chi connectivity index (χ4n) is 3.44. The molecule has 0 radical (unpaired) electrons. The number of sulfonamides is 1. The molecule has 10 heteroatoms. The topological polar surface area (TPSA) is 92.7 Å². The summed E-state index contributed by atoms with van der Waals surface area (Å²) >= 11 is 5.77. The smallest absolute Gasteiger partial charge is 0.316 e. The molecule has 2 fully saturated rings. The number of halogens is 1. The lowest BCUT2D eigenvalue weighted by Crippen LogP contribution is -2.49. The molecule has 3 rings (SSSR count). The first-order chi connectivity index (χ1) is 12.3. The standard InChI is InChI=1S/C16H23ClN4O4S/c1-26(23,24)21-7-4-12(5-8-21)15(22)20-6-2-3-14(11-20)25-16-18-9-13(17)10-19-16/h9-10,12,14H,2-8,11H2,1H3. The van der Waals surface area contributed by atoms with E-state index in [1.54, 1.807) is 0 Å². The van der Waals surface area contributed by atoms with Gasteiger partial charge in [0.25, 0.3) is 0 Å². The summed E-state index contributed by atoms with van der Waals surface area (Å²) in [5.74, 6) is -0.0398. The van der Waals surface area contributed by atoms with Gasteiger partial charge in [-0.25, -0.2) is 22.7 Å². The molecule has 2 aliphatic rings. The van der Waals surface area contributed by atoms with Gasteiger partial charge in [0.15, 0.2) is 0 Å². The van der Waals surface area contributed by atoms with E-state index in [2.05, 4.69) is 9.97 Å². The second-order valence-electron chi connectivity index (χ2n) is 6.79. The average Bonchev–Trinajstić information content (AvgIpc) is 2.63. The van der Waals surface area contributed by atoms with E-state index in [1.165, 1.54) is 23.0 Å². The number of amides is 1. The predicted octanol–water partition coefficient (Wildman–Crippen LogP) is 1.17. The van der Waals surface area contributed by atoms with Crippen molar-refractivity contribution in [2.24, 2.45) is 5.92 Å². The molecule has 1 aromatic heterocycles. The Balaban J connectivity index is 1.54. The van der Waals surface area contributed by atoms with Crippen molar-refractivity contribution in [3.05, 3.63) is 17.4 Å². The van der Waals surface area contributed by atoms with Crippen molar-refractivity contribution >= 4 is 27.5 Å². The third kappa shape index (κ3) is 4.83. The van der Waals surface area contributed by atoms with E-state index in [-0.39, 0.29) is 23.9 Å². The summed E-state index contributed by atoms with van der Waals surface area (Å²) in [5.41, 5.74) is 0. The summed E-state index contributed by atoms with van der Waals surface area (Å²) in [5, 5.41) is 0.443. The van der Waals surface area contributed by atoms with Gasteiger partial charge in [0.05, 0.1) is 30.2 Å². The quantitative estimate of drug-likeness (QED) is 0.750. The maximum absolute atomic E-state index is 12.8. The first-order valence-electron chi connectivity index (χ1n) is 8.71. The molecule has 0 aromatic carbocycles. The van der Waals surface area contributed by atoms with Gasteiger partial charge in [0.1, 0.15) is 6.10 Å². The Morgan fingerprint density at radius 2 is 1.85 bits per heavy atom. The Morgan fingerprint density at radius 3 is 2.46 bits per heavy atom. The second kappa shape index (κ2) is 8.06. The van der Waals surface area contributed by atoms with E-state index >= 15 is 0 Å². The molecule has 2 aliphatic heterocycles. The number of aromatic nitrogens is 2. The lowest BCUT2D eigenvalue weighted by atomic mass is 9.95. The molecule has 1 amide bonds. The summed E-state index contributed by atoms with van der Waals surface area (Å²) in [6.45, 7) is 2.01. The van der Waals surface area contributed by atoms with Crippen LogP contribution < -0.4 is 4.74 Å². The van der Waals surface area contributed by atoms with Gasteiger partial charge < -0.3 is 9.64 Å². The zero-order valence-corrected chi connectivity index (χ0v) is 16.2. The van der Waals surface area contributed by atoms with E-state index in [0.717, 1.165) is 12.8 Å². The lowest BCUT2D eigenvalue weighted by molar-refractivity contribution is -0.139. The predicted molar refractivity (Wildman–Crippen MR) is 96.4 cm³/mol. The molecule has 3 heterocycles. The number of hydrogen-bond acceptors (Lipinski definition) is 6. The highest BCUT2D eigenvalue weighted by molar-refractivity contribution is 7.88. The first-order valence-corrected chi connectivity index (χ1v) is 10.9. The van der Waals surface area contributed by atoms with Gasteiger partial charge in [0, 0.05) is 25.6 Å². The molecular formula is C16H23ClN4O4S. The molecule has 0 aliphatic carbocycles. The van der Waals surface area contributed by atoms with Crippen molar-refractivity contribution in [2.45, 2.75) is 31.8 Å². The number of nitrogens with zero attached hydrogens (tertiary/aromatic N) is 4. The van der Waals surface area contributed by atoms with Gasteiger partial charge in [-0.2, -0.15) is 0 Å². The molecule has 8 nitrogen and oxygen atoms in total. The minimum atomic E-state index is -3.18. The van der Waals surface area contributed by atoms with Gasteiger partial charge in [-0.1, -0.05) is 11.6 Å². The molecule has 0 spiro atoms. The largest absolute Gasteiger partial charge is 0.458 e. The number of carbonyl (C=O) groups is 1. The zero-order chi connectivity index (χ0) is 18.7. The van der Waals surface area contributed by atoms with Crippen LogP contribution in [0.1, 0.15) is 25.7 Å². The van der Waals surface area contributed by atoms with Crippen LogP contribution in [0.25, 0.3) is 0 Å². The highest BCUT2D eigenvalue weighted by Gasteiger charge is 2.33. The Hall–Kier alpha value is -1.45. The Bertz CT molecular complexity index is 735. The molecule has 2 saturated heterocycles. The lowest BCUT2D eigenvalue weighted by Gasteiger charge is -2.37. The van der Waals surface area contributed by atoms with Crippen molar-refractivity contribution < 1.29 is 17.9 Å². The van der Waals surface area contributed by atoms with Crippen LogP contribution in [-0.2, 0) is 14.8 Å². The third-order valence-corrected chi connectivity index (χ3v) is 6.33. The maximum Gasteiger partial charge on any atom is 0.316 e. The number of likely N-dealkylation sites (tertiary alicyclic amines) is 1. The maximum atomic E-state index is 12.8.